The summed E-state index contributed by atoms with van der Waals surface area (Å²) in [6.45, 7) is 1.61. The van der Waals surface area contributed by atoms with Gasteiger partial charge >= 0.3 is 5.69 Å². The number of aryl methyl sites for hydroxylation is 1. The topological polar surface area (TPSA) is 134 Å². The first-order chi connectivity index (χ1) is 11.3. The summed E-state index contributed by atoms with van der Waals surface area (Å²) < 4.78 is 0.796. The van der Waals surface area contributed by atoms with Gasteiger partial charge in [-0.25, -0.2) is 0 Å². The van der Waals surface area contributed by atoms with Crippen LogP contribution >= 0.6 is 15.9 Å². The van der Waals surface area contributed by atoms with Crippen molar-refractivity contribution in [3.05, 3.63) is 61.0 Å². The molecule has 1 heterocycles. The fourth-order valence-electron chi connectivity index (χ4n) is 1.96. The molecule has 0 radical (unpaired) electrons. The van der Waals surface area contributed by atoms with Gasteiger partial charge in [0.15, 0.2) is 11.4 Å². The summed E-state index contributed by atoms with van der Waals surface area (Å²) in [6, 6.07) is 7.00. The van der Waals surface area contributed by atoms with Crippen LogP contribution in [-0.4, -0.2) is 15.1 Å². The van der Waals surface area contributed by atoms with Crippen LogP contribution in [0.5, 0.6) is 11.5 Å². The Hall–Kier alpha value is -3.12. The summed E-state index contributed by atoms with van der Waals surface area (Å²) in [5.74, 6) is -1.60. The van der Waals surface area contributed by atoms with Gasteiger partial charge in [-0.1, -0.05) is 0 Å². The number of nitro groups is 1. The minimum Gasteiger partial charge on any atom is -0.618 e. The molecule has 0 unspecified atom stereocenters. The summed E-state index contributed by atoms with van der Waals surface area (Å²) in [7, 11) is 0. The number of phenolic OH excluding ortho intramolecular Hbond substituents is 2. The Balaban J connectivity index is 2.64. The van der Waals surface area contributed by atoms with Crippen LogP contribution in [0.4, 0.5) is 5.69 Å². The summed E-state index contributed by atoms with van der Waals surface area (Å²) in [5.41, 5.74) is 0.0909. The number of rotatable bonds is 3. The van der Waals surface area contributed by atoms with Crippen LogP contribution in [0.1, 0.15) is 16.8 Å². The molecule has 0 saturated heterocycles. The molecule has 0 spiro atoms. The zero-order valence-corrected chi connectivity index (χ0v) is 13.8. The minimum absolute atomic E-state index is 0.0297. The first-order valence-electron chi connectivity index (χ1n) is 6.47. The number of pyridine rings is 1. The van der Waals surface area contributed by atoms with Crippen molar-refractivity contribution in [1.29, 1.82) is 5.26 Å². The van der Waals surface area contributed by atoms with Crippen molar-refractivity contribution in [3.8, 4) is 17.6 Å². The van der Waals surface area contributed by atoms with Gasteiger partial charge in [0.25, 0.3) is 4.60 Å². The average Bonchev–Trinajstić information content (AvgIpc) is 2.54. The van der Waals surface area contributed by atoms with Crippen LogP contribution in [0.2, 0.25) is 0 Å². The van der Waals surface area contributed by atoms with E-state index >= 15 is 0 Å². The maximum Gasteiger partial charge on any atom is 0.315 e. The van der Waals surface area contributed by atoms with E-state index in [0.717, 1.165) is 12.1 Å². The number of nitro benzene ring substituents is 1. The third-order valence-corrected chi connectivity index (χ3v) is 4.02. The van der Waals surface area contributed by atoms with Gasteiger partial charge in [-0.05, 0) is 18.2 Å². The number of nitrogens with zero attached hydrogens (tertiary/aromatic N) is 3. The normalized spacial score (nSPS) is 11.1. The van der Waals surface area contributed by atoms with E-state index in [-0.39, 0.29) is 15.7 Å². The predicted octanol–water partition coefficient (Wildman–Crippen LogP) is 2.77. The molecular weight excluding hydrogens is 382 g/mol. The van der Waals surface area contributed by atoms with Crippen molar-refractivity contribution >= 4 is 33.3 Å². The Bertz CT molecular complexity index is 918. The molecule has 2 N–H and O–H groups in total. The number of aromatic hydroxyl groups is 2. The van der Waals surface area contributed by atoms with E-state index in [4.69, 9.17) is 0 Å². The van der Waals surface area contributed by atoms with Crippen LogP contribution in [0.3, 0.4) is 0 Å². The van der Waals surface area contributed by atoms with Gasteiger partial charge in [0.05, 0.1) is 22.1 Å². The van der Waals surface area contributed by atoms with E-state index in [2.05, 4.69) is 15.9 Å². The third-order valence-electron chi connectivity index (χ3n) is 3.24. The summed E-state index contributed by atoms with van der Waals surface area (Å²) in [4.78, 5) is 10.0. The van der Waals surface area contributed by atoms with Gasteiger partial charge in [-0.15, -0.1) is 0 Å². The molecule has 0 bridgehead atoms. The molecule has 0 saturated carbocycles. The number of hydrogen-bond donors (Lipinski definition) is 2. The molecule has 0 atom stereocenters. The van der Waals surface area contributed by atoms with Gasteiger partial charge in [-0.3, -0.25) is 10.1 Å². The Labute approximate surface area is 144 Å². The maximum atomic E-state index is 11.8. The Morgan fingerprint density at radius 2 is 2.08 bits per heavy atom. The third kappa shape index (κ3) is 3.13. The van der Waals surface area contributed by atoms with Gasteiger partial charge in [-0.2, -0.15) is 9.99 Å². The molecule has 0 fully saturated rings. The quantitative estimate of drug-likeness (QED) is 0.157. The molecule has 9 heteroatoms. The molecule has 0 amide bonds. The van der Waals surface area contributed by atoms with Crippen molar-refractivity contribution in [2.75, 3.05) is 0 Å². The maximum absolute atomic E-state index is 11.8. The lowest BCUT2D eigenvalue weighted by atomic mass is 10.0. The average molecular weight is 392 g/mol. The molecule has 2 aromatic rings. The Morgan fingerprint density at radius 3 is 2.67 bits per heavy atom. The second-order valence-corrected chi connectivity index (χ2v) is 5.56. The van der Waals surface area contributed by atoms with Crippen molar-refractivity contribution in [3.63, 3.8) is 0 Å². The molecule has 1 aromatic heterocycles. The Kier molecular flexibility index (Phi) is 4.71. The molecule has 8 nitrogen and oxygen atoms in total. The van der Waals surface area contributed by atoms with E-state index in [0.29, 0.717) is 16.0 Å². The fraction of sp³-hybridized carbons (Fsp3) is 0.0667. The van der Waals surface area contributed by atoms with Crippen LogP contribution < -0.4 is 4.73 Å². The summed E-state index contributed by atoms with van der Waals surface area (Å²) in [6.07, 6.45) is 1.34. The zero-order valence-electron chi connectivity index (χ0n) is 12.2. The minimum atomic E-state index is -0.880. The number of nitriles is 1. The van der Waals surface area contributed by atoms with E-state index < -0.39 is 22.1 Å². The lowest BCUT2D eigenvalue weighted by Gasteiger charge is -2.06. The summed E-state index contributed by atoms with van der Waals surface area (Å²) in [5, 5.41) is 51.2. The zero-order chi connectivity index (χ0) is 18.0. The van der Waals surface area contributed by atoms with E-state index in [1.54, 1.807) is 19.1 Å². The molecular formula is C15H10BrN3O5. The lowest BCUT2D eigenvalue weighted by molar-refractivity contribution is -0.624. The number of phenols is 2. The molecule has 0 aliphatic heterocycles. The van der Waals surface area contributed by atoms with E-state index in [1.807, 2.05) is 6.07 Å². The standard InChI is InChI=1S/C15H10BrN3O5/c1-8-2-3-9(15(16)18(8)22)4-11(7-17)10-5-12(19(23)24)14(21)13(20)6-10/h2-6,20-21H,1H3/b11-4-. The van der Waals surface area contributed by atoms with Gasteiger partial charge < -0.3 is 15.4 Å². The molecule has 2 rings (SSSR count). The Morgan fingerprint density at radius 1 is 1.42 bits per heavy atom. The summed E-state index contributed by atoms with van der Waals surface area (Å²) >= 11 is 3.12. The first-order valence-corrected chi connectivity index (χ1v) is 7.26. The molecule has 1 aromatic carbocycles. The number of hydrogen-bond acceptors (Lipinski definition) is 6. The van der Waals surface area contributed by atoms with E-state index in [1.165, 1.54) is 6.08 Å². The van der Waals surface area contributed by atoms with Crippen molar-refractivity contribution in [1.82, 2.24) is 0 Å². The van der Waals surface area contributed by atoms with Gasteiger partial charge in [0.2, 0.25) is 5.75 Å². The highest BCUT2D eigenvalue weighted by atomic mass is 79.9. The number of benzene rings is 1. The molecule has 0 aliphatic carbocycles. The smallest absolute Gasteiger partial charge is 0.315 e. The van der Waals surface area contributed by atoms with Crippen LogP contribution in [0, 0.1) is 33.6 Å². The number of allylic oxidation sites excluding steroid dienone is 1. The fourth-order valence-corrected chi connectivity index (χ4v) is 2.49. The number of halogens is 1. The molecule has 122 valence electrons. The van der Waals surface area contributed by atoms with Crippen molar-refractivity contribution in [2.45, 2.75) is 6.92 Å². The van der Waals surface area contributed by atoms with Crippen LogP contribution in [0.15, 0.2) is 28.9 Å². The van der Waals surface area contributed by atoms with Crippen molar-refractivity contribution in [2.24, 2.45) is 0 Å². The van der Waals surface area contributed by atoms with Crippen LogP contribution in [-0.2, 0) is 0 Å². The predicted molar refractivity (Wildman–Crippen MR) is 87.7 cm³/mol. The lowest BCUT2D eigenvalue weighted by Crippen LogP contribution is -2.32. The van der Waals surface area contributed by atoms with Crippen LogP contribution in [0.25, 0.3) is 11.6 Å². The molecule has 24 heavy (non-hydrogen) atoms. The van der Waals surface area contributed by atoms with E-state index in [9.17, 15) is 30.8 Å². The molecule has 0 aliphatic rings. The van der Waals surface area contributed by atoms with Gasteiger partial charge in [0.1, 0.15) is 0 Å². The van der Waals surface area contributed by atoms with Gasteiger partial charge in [0, 0.05) is 40.5 Å². The first kappa shape index (κ1) is 17.2. The second-order valence-electron chi connectivity index (χ2n) is 4.81. The monoisotopic (exact) mass is 391 g/mol. The largest absolute Gasteiger partial charge is 0.618 e. The highest BCUT2D eigenvalue weighted by Crippen LogP contribution is 2.38. The SMILES string of the molecule is Cc1ccc(/C=C(/C#N)c2cc(O)c(O)c([N+](=O)[O-])c2)c(Br)[n+]1[O-]. The second kappa shape index (κ2) is 6.55. The number of aromatic nitrogens is 1. The highest BCUT2D eigenvalue weighted by molar-refractivity contribution is 9.10. The van der Waals surface area contributed by atoms with Crippen molar-refractivity contribution < 1.29 is 19.9 Å². The highest BCUT2D eigenvalue weighted by Gasteiger charge is 2.21.